The number of aromatic nitrogens is 6. The normalized spacial score (nSPS) is 15.2. The number of hydrogen-bond donors (Lipinski definition) is 0. The first-order chi connectivity index (χ1) is 18.7. The average Bonchev–Trinajstić information content (AvgIpc) is 3.61. The molecule has 0 N–H and O–H groups in total. The molecule has 6 aromatic rings. The minimum Gasteiger partial charge on any atom is -0.212 e. The van der Waals surface area contributed by atoms with Gasteiger partial charge in [-0.3, -0.25) is 0 Å². The van der Waals surface area contributed by atoms with Gasteiger partial charge in [0.2, 0.25) is 0 Å². The second-order valence-electron chi connectivity index (χ2n) is 9.11. The molecule has 0 bridgehead atoms. The van der Waals surface area contributed by atoms with E-state index in [0.29, 0.717) is 0 Å². The van der Waals surface area contributed by atoms with E-state index in [-0.39, 0.29) is 0 Å². The summed E-state index contributed by atoms with van der Waals surface area (Å²) < 4.78 is 3.66. The van der Waals surface area contributed by atoms with E-state index in [0.717, 1.165) is 64.8 Å². The van der Waals surface area contributed by atoms with Gasteiger partial charge in [0, 0.05) is 20.9 Å². The van der Waals surface area contributed by atoms with Crippen molar-refractivity contribution in [3.8, 4) is 0 Å². The molecular weight excluding hydrogens is 468 g/mol. The molecule has 0 radical (unpaired) electrons. The summed E-state index contributed by atoms with van der Waals surface area (Å²) in [5, 5.41) is 25.7. The lowest BCUT2D eigenvalue weighted by molar-refractivity contribution is 0.803. The minimum atomic E-state index is 0.744. The van der Waals surface area contributed by atoms with Crippen molar-refractivity contribution in [1.29, 1.82) is 0 Å². The second-order valence-corrected chi connectivity index (χ2v) is 9.11. The molecule has 6 heteroatoms. The van der Waals surface area contributed by atoms with E-state index in [1.165, 1.54) is 0 Å². The molecule has 0 saturated carbocycles. The second kappa shape index (κ2) is 8.64. The van der Waals surface area contributed by atoms with E-state index < -0.39 is 0 Å². The quantitative estimate of drug-likeness (QED) is 0.333. The zero-order valence-corrected chi connectivity index (χ0v) is 20.5. The predicted octanol–water partition coefficient (Wildman–Crippen LogP) is 5.37. The maximum absolute atomic E-state index is 4.71. The Morgan fingerprint density at radius 2 is 0.789 bits per heavy atom. The van der Waals surface area contributed by atoms with E-state index in [1.54, 1.807) is 0 Å². The molecule has 4 aromatic carbocycles. The van der Waals surface area contributed by atoms with Crippen LogP contribution in [-0.4, -0.2) is 30.0 Å². The smallest absolute Gasteiger partial charge is 0.122 e. The molecule has 180 valence electrons. The van der Waals surface area contributed by atoms with Crippen LogP contribution in [0.15, 0.2) is 122 Å². The number of hydrogen-bond acceptors (Lipinski definition) is 4. The van der Waals surface area contributed by atoms with Gasteiger partial charge in [0.15, 0.2) is 0 Å². The first-order valence-electron chi connectivity index (χ1n) is 12.3. The third-order valence-electron chi connectivity index (χ3n) is 6.94. The summed E-state index contributed by atoms with van der Waals surface area (Å²) in [4.78, 5) is 0. The Labute approximate surface area is 217 Å². The van der Waals surface area contributed by atoms with Crippen molar-refractivity contribution in [3.63, 3.8) is 0 Å². The van der Waals surface area contributed by atoms with Gasteiger partial charge in [-0.25, -0.2) is 9.36 Å². The minimum absolute atomic E-state index is 0.744. The van der Waals surface area contributed by atoms with Gasteiger partial charge in [-0.15, -0.1) is 10.2 Å². The van der Waals surface area contributed by atoms with Gasteiger partial charge in [0.1, 0.15) is 21.4 Å². The van der Waals surface area contributed by atoms with E-state index in [9.17, 15) is 0 Å². The van der Waals surface area contributed by atoms with E-state index in [4.69, 9.17) is 10.2 Å². The largest absolute Gasteiger partial charge is 0.212 e. The molecule has 1 aliphatic rings. The number of nitrogens with zero attached hydrogens (tertiary/aromatic N) is 6. The zero-order valence-electron chi connectivity index (χ0n) is 20.5. The van der Waals surface area contributed by atoms with Crippen LogP contribution in [0.3, 0.4) is 0 Å². The van der Waals surface area contributed by atoms with E-state index in [1.807, 2.05) is 94.3 Å². The highest BCUT2D eigenvalue weighted by molar-refractivity contribution is 5.63. The molecule has 0 spiro atoms. The molecule has 0 atom stereocenters. The lowest BCUT2D eigenvalue weighted by atomic mass is 10.1. The van der Waals surface area contributed by atoms with Crippen molar-refractivity contribution < 1.29 is 0 Å². The van der Waals surface area contributed by atoms with Crippen molar-refractivity contribution in [1.82, 2.24) is 30.0 Å². The van der Waals surface area contributed by atoms with Crippen LogP contribution in [-0.2, 0) is 0 Å². The van der Waals surface area contributed by atoms with Gasteiger partial charge >= 0.3 is 0 Å². The summed E-state index contributed by atoms with van der Waals surface area (Å²) in [6, 6.07) is 36.4. The number of benzene rings is 4. The monoisotopic (exact) mass is 490 g/mol. The van der Waals surface area contributed by atoms with Gasteiger partial charge in [-0.1, -0.05) is 133 Å². The molecule has 2 heterocycles. The highest BCUT2D eigenvalue weighted by Crippen LogP contribution is 2.19. The Morgan fingerprint density at radius 1 is 0.447 bits per heavy atom. The van der Waals surface area contributed by atoms with Crippen molar-refractivity contribution in [2.24, 2.45) is 0 Å². The summed E-state index contributed by atoms with van der Waals surface area (Å²) in [6.07, 6.45) is 0. The summed E-state index contributed by atoms with van der Waals surface area (Å²) >= 11 is 0. The van der Waals surface area contributed by atoms with Crippen LogP contribution in [0.1, 0.15) is 11.1 Å². The van der Waals surface area contributed by atoms with Crippen LogP contribution in [0, 0.1) is 42.3 Å². The molecule has 1 aliphatic carbocycles. The van der Waals surface area contributed by atoms with E-state index >= 15 is 0 Å². The maximum Gasteiger partial charge on any atom is 0.122 e. The first kappa shape index (κ1) is 21.9. The maximum atomic E-state index is 4.71. The van der Waals surface area contributed by atoms with Crippen molar-refractivity contribution in [2.75, 3.05) is 0 Å². The Kier molecular flexibility index (Phi) is 4.97. The highest BCUT2D eigenvalue weighted by Gasteiger charge is 2.14. The molecular formula is C32H22N6. The molecule has 0 amide bonds. The Morgan fingerprint density at radius 3 is 1.18 bits per heavy atom. The van der Waals surface area contributed by atoms with Gasteiger partial charge < -0.3 is 0 Å². The fraction of sp³-hybridized carbons (Fsp3) is 0. The van der Waals surface area contributed by atoms with Crippen LogP contribution in [0.25, 0.3) is 11.4 Å². The third-order valence-corrected chi connectivity index (χ3v) is 6.94. The van der Waals surface area contributed by atoms with Crippen LogP contribution in [0.4, 0.5) is 0 Å². The third kappa shape index (κ3) is 3.28. The SMILES string of the molecule is C=C(c1ccccc1)n1nnc2/c1=c1/cccc/c1=c1\nnn(C(=C)c3ccccc3)\c1=c1/cccc/c1=2. The van der Waals surface area contributed by atoms with Gasteiger partial charge in [0.25, 0.3) is 0 Å². The van der Waals surface area contributed by atoms with Gasteiger partial charge in [-0.05, 0) is 11.1 Å². The molecule has 38 heavy (non-hydrogen) atoms. The average molecular weight is 491 g/mol. The molecule has 0 unspecified atom stereocenters. The molecule has 2 aromatic heterocycles. The van der Waals surface area contributed by atoms with Crippen molar-refractivity contribution >= 4 is 11.4 Å². The highest BCUT2D eigenvalue weighted by atomic mass is 15.4. The summed E-state index contributed by atoms with van der Waals surface area (Å²) in [6.45, 7) is 8.76. The van der Waals surface area contributed by atoms with Crippen LogP contribution in [0.2, 0.25) is 0 Å². The number of rotatable bonds is 4. The Hall–Kier alpha value is -5.36. The predicted molar refractivity (Wildman–Crippen MR) is 145 cm³/mol. The lowest BCUT2D eigenvalue weighted by Gasteiger charge is -2.07. The summed E-state index contributed by atoms with van der Waals surface area (Å²) in [7, 11) is 0. The molecule has 0 fully saturated rings. The van der Waals surface area contributed by atoms with Gasteiger partial charge in [-0.2, -0.15) is 0 Å². The summed E-state index contributed by atoms with van der Waals surface area (Å²) in [5.74, 6) is 0. The van der Waals surface area contributed by atoms with E-state index in [2.05, 4.69) is 47.9 Å². The topological polar surface area (TPSA) is 61.4 Å². The standard InChI is InChI=1S/C32H22N6/c1-21(23-13-5-3-6-14-23)37-31-27-19-11-9-17-25(27)30-32(28-20-12-10-18-26(28)29(31)33-35-37)38(36-34-30)22(2)24-15-7-4-8-16-24/h3-20H,1-2H2/b29-26+,30-25+,31-27+,32-28+. The molecule has 0 saturated heterocycles. The Balaban J connectivity index is 1.74. The lowest BCUT2D eigenvalue weighted by Crippen LogP contribution is -2.03. The molecule has 7 rings (SSSR count). The van der Waals surface area contributed by atoms with Crippen LogP contribution >= 0.6 is 0 Å². The Bertz CT molecular complexity index is 2100. The molecule has 6 nitrogen and oxygen atoms in total. The van der Waals surface area contributed by atoms with Crippen molar-refractivity contribution in [2.45, 2.75) is 0 Å². The van der Waals surface area contributed by atoms with Crippen molar-refractivity contribution in [3.05, 3.63) is 176 Å². The van der Waals surface area contributed by atoms with Crippen LogP contribution < -0.4 is 0 Å². The zero-order chi connectivity index (χ0) is 25.6. The fourth-order valence-electron chi connectivity index (χ4n) is 5.09. The number of fused-ring (bicyclic) bond motifs is 4. The molecule has 0 aliphatic heterocycles. The first-order valence-corrected chi connectivity index (χ1v) is 12.3. The van der Waals surface area contributed by atoms with Gasteiger partial charge in [0.05, 0.1) is 11.4 Å². The fourth-order valence-corrected chi connectivity index (χ4v) is 5.09. The van der Waals surface area contributed by atoms with Crippen LogP contribution in [0.5, 0.6) is 0 Å². The summed E-state index contributed by atoms with van der Waals surface area (Å²) in [5.41, 5.74) is 3.43.